The smallest absolute Gasteiger partial charge is 0.322 e. The number of hydrogen-bond acceptors (Lipinski definition) is 4. The van der Waals surface area contributed by atoms with Gasteiger partial charge in [-0.1, -0.05) is 0 Å². The maximum absolute atomic E-state index is 14.1. The third-order valence-corrected chi connectivity index (χ3v) is 3.46. The Labute approximate surface area is 154 Å². The molecule has 0 aliphatic rings. The monoisotopic (exact) mass is 402 g/mol. The van der Waals surface area contributed by atoms with Crippen LogP contribution in [0.2, 0.25) is 0 Å². The summed E-state index contributed by atoms with van der Waals surface area (Å²) in [6, 6.07) is 1.82. The van der Waals surface area contributed by atoms with Crippen LogP contribution < -0.4 is 10.7 Å². The van der Waals surface area contributed by atoms with Crippen LogP contribution >= 0.6 is 12.4 Å². The van der Waals surface area contributed by atoms with Crippen molar-refractivity contribution in [2.75, 3.05) is 6.54 Å². The number of aliphatic carboxylic acids is 1. The van der Waals surface area contributed by atoms with Crippen molar-refractivity contribution < 1.29 is 27.9 Å². The molecule has 3 rings (SSSR count). The van der Waals surface area contributed by atoms with Gasteiger partial charge in [-0.2, -0.15) is 0 Å². The predicted octanol–water partition coefficient (Wildman–Crippen LogP) is 1.34. The van der Waals surface area contributed by atoms with Gasteiger partial charge >= 0.3 is 5.97 Å². The van der Waals surface area contributed by atoms with E-state index < -0.39 is 52.4 Å². The summed E-state index contributed by atoms with van der Waals surface area (Å²) in [4.78, 5) is 38.7. The molecular formula is C15H10ClF3N4O4. The Morgan fingerprint density at radius 2 is 1.93 bits per heavy atom. The maximum Gasteiger partial charge on any atom is 0.322 e. The minimum Gasteiger partial charge on any atom is -0.480 e. The molecule has 0 unspecified atom stereocenters. The highest BCUT2D eigenvalue weighted by atomic mass is 35.5. The van der Waals surface area contributed by atoms with Crippen molar-refractivity contribution >= 4 is 29.9 Å². The fourth-order valence-corrected chi connectivity index (χ4v) is 2.40. The second-order valence-corrected chi connectivity index (χ2v) is 5.14. The number of halogens is 4. The Morgan fingerprint density at radius 3 is 2.59 bits per heavy atom. The van der Waals surface area contributed by atoms with Gasteiger partial charge in [0.2, 0.25) is 0 Å². The van der Waals surface area contributed by atoms with Gasteiger partial charge in [0.1, 0.15) is 24.3 Å². The van der Waals surface area contributed by atoms with Crippen LogP contribution in [0.1, 0.15) is 10.4 Å². The summed E-state index contributed by atoms with van der Waals surface area (Å²) in [5.74, 6) is -6.26. The third kappa shape index (κ3) is 3.62. The van der Waals surface area contributed by atoms with Crippen LogP contribution in [-0.4, -0.2) is 38.1 Å². The molecule has 0 spiro atoms. The van der Waals surface area contributed by atoms with E-state index in [1.807, 2.05) is 5.32 Å². The normalized spacial score (nSPS) is 10.5. The summed E-state index contributed by atoms with van der Waals surface area (Å²) < 4.78 is 42.0. The SMILES string of the molecule is Cl.O=C(O)CNC(=O)c1c(=O)cc(-c2cc(F)cc(F)c2F)n2[nH]cnc12. The zero-order chi connectivity index (χ0) is 19.0. The minimum atomic E-state index is -1.45. The van der Waals surface area contributed by atoms with Gasteiger partial charge in [-0.15, -0.1) is 12.4 Å². The number of carbonyl (C=O) groups is 2. The highest BCUT2D eigenvalue weighted by Gasteiger charge is 2.22. The number of aromatic amines is 1. The molecule has 0 fully saturated rings. The number of fused-ring (bicyclic) bond motifs is 1. The number of carboxylic acids is 1. The number of carboxylic acid groups (broad SMARTS) is 1. The fourth-order valence-electron chi connectivity index (χ4n) is 2.40. The average Bonchev–Trinajstić information content (AvgIpc) is 3.04. The van der Waals surface area contributed by atoms with E-state index in [-0.39, 0.29) is 23.7 Å². The molecule has 0 atom stereocenters. The second-order valence-electron chi connectivity index (χ2n) is 5.14. The molecule has 27 heavy (non-hydrogen) atoms. The third-order valence-electron chi connectivity index (χ3n) is 3.46. The van der Waals surface area contributed by atoms with E-state index in [1.54, 1.807) is 0 Å². The summed E-state index contributed by atoms with van der Waals surface area (Å²) in [6.45, 7) is -0.736. The summed E-state index contributed by atoms with van der Waals surface area (Å²) in [5, 5.41) is 13.1. The van der Waals surface area contributed by atoms with Gasteiger partial charge in [0.15, 0.2) is 22.7 Å². The molecule has 0 bridgehead atoms. The van der Waals surface area contributed by atoms with E-state index in [4.69, 9.17) is 5.11 Å². The number of nitrogens with zero attached hydrogens (tertiary/aromatic N) is 2. The van der Waals surface area contributed by atoms with Crippen molar-refractivity contribution in [3.05, 3.63) is 57.8 Å². The molecule has 12 heteroatoms. The molecule has 142 valence electrons. The van der Waals surface area contributed by atoms with E-state index in [9.17, 15) is 27.6 Å². The van der Waals surface area contributed by atoms with Crippen molar-refractivity contribution in [2.45, 2.75) is 0 Å². The molecule has 0 saturated carbocycles. The van der Waals surface area contributed by atoms with E-state index in [0.29, 0.717) is 12.1 Å². The molecule has 1 amide bonds. The molecule has 0 saturated heterocycles. The average molecular weight is 403 g/mol. The number of carbonyl (C=O) groups excluding carboxylic acids is 1. The molecule has 2 aromatic heterocycles. The van der Waals surface area contributed by atoms with Crippen LogP contribution in [0.4, 0.5) is 13.2 Å². The number of H-pyrrole nitrogens is 1. The number of rotatable bonds is 4. The topological polar surface area (TPSA) is 117 Å². The van der Waals surface area contributed by atoms with E-state index >= 15 is 0 Å². The molecule has 1 aromatic carbocycles. The minimum absolute atomic E-state index is 0. The molecule has 3 aromatic rings. The quantitative estimate of drug-likeness (QED) is 0.569. The van der Waals surface area contributed by atoms with Crippen LogP contribution in [-0.2, 0) is 4.79 Å². The molecular weight excluding hydrogens is 393 g/mol. The highest BCUT2D eigenvalue weighted by Crippen LogP contribution is 2.25. The van der Waals surface area contributed by atoms with Crippen LogP contribution in [0.15, 0.2) is 29.3 Å². The predicted molar refractivity (Wildman–Crippen MR) is 88.3 cm³/mol. The Morgan fingerprint density at radius 1 is 1.22 bits per heavy atom. The van der Waals surface area contributed by atoms with Crippen LogP contribution in [0.5, 0.6) is 0 Å². The number of benzene rings is 1. The molecule has 0 aliphatic carbocycles. The lowest BCUT2D eigenvalue weighted by molar-refractivity contribution is -0.135. The number of amides is 1. The zero-order valence-corrected chi connectivity index (χ0v) is 13.9. The van der Waals surface area contributed by atoms with E-state index in [0.717, 1.165) is 16.9 Å². The molecule has 0 aliphatic heterocycles. The molecule has 8 nitrogen and oxygen atoms in total. The number of hydrogen-bond donors (Lipinski definition) is 3. The van der Waals surface area contributed by atoms with Crippen LogP contribution in [0.25, 0.3) is 16.9 Å². The first-order valence-corrected chi connectivity index (χ1v) is 7.03. The van der Waals surface area contributed by atoms with Gasteiger partial charge in [-0.05, 0) is 6.07 Å². The summed E-state index contributed by atoms with van der Waals surface area (Å²) >= 11 is 0. The first kappa shape index (κ1) is 20.0. The number of pyridine rings is 1. The highest BCUT2D eigenvalue weighted by molar-refractivity contribution is 6.01. The summed E-state index contributed by atoms with van der Waals surface area (Å²) in [5.41, 5.74) is -2.53. The van der Waals surface area contributed by atoms with Crippen molar-refractivity contribution in [3.8, 4) is 11.3 Å². The second kappa shape index (κ2) is 7.50. The van der Waals surface area contributed by atoms with Gasteiger partial charge in [-0.25, -0.2) is 22.7 Å². The van der Waals surface area contributed by atoms with E-state index in [2.05, 4.69) is 10.1 Å². The van der Waals surface area contributed by atoms with Gasteiger partial charge in [0.05, 0.1) is 5.69 Å². The van der Waals surface area contributed by atoms with E-state index in [1.165, 1.54) is 0 Å². The molecule has 0 radical (unpaired) electrons. The van der Waals surface area contributed by atoms with Gasteiger partial charge in [-0.3, -0.25) is 19.5 Å². The van der Waals surface area contributed by atoms with Gasteiger partial charge in [0.25, 0.3) is 5.91 Å². The van der Waals surface area contributed by atoms with Crippen molar-refractivity contribution in [1.29, 1.82) is 0 Å². The fraction of sp³-hybridized carbons (Fsp3) is 0.0667. The number of nitrogens with one attached hydrogen (secondary N) is 2. The van der Waals surface area contributed by atoms with Crippen molar-refractivity contribution in [1.82, 2.24) is 19.9 Å². The molecule has 2 heterocycles. The lowest BCUT2D eigenvalue weighted by Crippen LogP contribution is -2.33. The summed E-state index contributed by atoms with van der Waals surface area (Å²) in [6.07, 6.45) is 1.07. The Hall–Kier alpha value is -3.34. The Kier molecular flexibility index (Phi) is 5.55. The lowest BCUT2D eigenvalue weighted by atomic mass is 10.1. The maximum atomic E-state index is 14.1. The standard InChI is InChI=1S/C15H9F3N4O4.ClH/c16-6-1-7(13(18)8(17)2-6)9-3-10(23)12(14-20-5-21-22(9)14)15(26)19-4-11(24)25;/h1-3,5H,4H2,(H,19,26)(H,20,21)(H,24,25);1H. The van der Waals surface area contributed by atoms with Gasteiger partial charge < -0.3 is 10.4 Å². The lowest BCUT2D eigenvalue weighted by Gasteiger charge is -2.10. The first-order valence-electron chi connectivity index (χ1n) is 7.03. The Bertz CT molecular complexity index is 1110. The largest absolute Gasteiger partial charge is 0.480 e. The first-order chi connectivity index (χ1) is 12.3. The van der Waals surface area contributed by atoms with Gasteiger partial charge in [0, 0.05) is 17.7 Å². The van der Waals surface area contributed by atoms with Crippen LogP contribution in [0.3, 0.4) is 0 Å². The summed E-state index contributed by atoms with van der Waals surface area (Å²) in [7, 11) is 0. The Balaban J connectivity index is 0.00000261. The number of aromatic nitrogens is 3. The van der Waals surface area contributed by atoms with Crippen molar-refractivity contribution in [3.63, 3.8) is 0 Å². The van der Waals surface area contributed by atoms with Crippen LogP contribution in [0, 0.1) is 17.5 Å². The zero-order valence-electron chi connectivity index (χ0n) is 13.1. The van der Waals surface area contributed by atoms with Crippen molar-refractivity contribution in [2.24, 2.45) is 0 Å². The molecule has 3 N–H and O–H groups in total.